The molecule has 16 heavy (non-hydrogen) atoms. The van der Waals surface area contributed by atoms with Crippen molar-refractivity contribution in [2.24, 2.45) is 17.2 Å². The molecule has 0 aliphatic carbocycles. The number of urea groups is 3. The first kappa shape index (κ1) is 13.8. The zero-order valence-corrected chi connectivity index (χ0v) is 8.73. The van der Waals surface area contributed by atoms with Crippen molar-refractivity contribution >= 4 is 18.1 Å². The summed E-state index contributed by atoms with van der Waals surface area (Å²) in [7, 11) is 0. The van der Waals surface area contributed by atoms with Crippen LogP contribution in [-0.2, 0) is 0 Å². The van der Waals surface area contributed by atoms with E-state index in [1.54, 1.807) is 0 Å². The molecule has 0 heterocycles. The minimum atomic E-state index is -0.681. The third kappa shape index (κ3) is 7.24. The van der Waals surface area contributed by atoms with Gasteiger partial charge in [-0.15, -0.1) is 0 Å². The van der Waals surface area contributed by atoms with E-state index >= 15 is 0 Å². The van der Waals surface area contributed by atoms with Gasteiger partial charge in [-0.25, -0.2) is 14.4 Å². The Bertz CT molecular complexity index is 249. The van der Waals surface area contributed by atoms with Gasteiger partial charge in [0, 0.05) is 26.2 Å². The van der Waals surface area contributed by atoms with Crippen molar-refractivity contribution in [3.05, 3.63) is 0 Å². The zero-order valence-electron chi connectivity index (χ0n) is 8.73. The van der Waals surface area contributed by atoms with Gasteiger partial charge in [-0.05, 0) is 0 Å². The van der Waals surface area contributed by atoms with Gasteiger partial charge in [0.25, 0.3) is 0 Å². The third-order valence-electron chi connectivity index (χ3n) is 1.67. The number of primary amides is 3. The zero-order chi connectivity index (χ0) is 12.6. The van der Waals surface area contributed by atoms with Crippen LogP contribution in [0.4, 0.5) is 14.4 Å². The first-order valence-corrected chi connectivity index (χ1v) is 4.54. The van der Waals surface area contributed by atoms with Gasteiger partial charge in [0.2, 0.25) is 0 Å². The molecule has 0 rings (SSSR count). The molecule has 0 aromatic carbocycles. The van der Waals surface area contributed by atoms with E-state index in [-0.39, 0.29) is 26.2 Å². The van der Waals surface area contributed by atoms with E-state index in [9.17, 15) is 14.4 Å². The van der Waals surface area contributed by atoms with Crippen LogP contribution < -0.4 is 27.8 Å². The number of carbonyl (C=O) groups is 3. The topological polar surface area (TPSA) is 157 Å². The second-order valence-corrected chi connectivity index (χ2v) is 2.91. The van der Waals surface area contributed by atoms with Crippen LogP contribution in [-0.4, -0.2) is 49.2 Å². The Hall–Kier alpha value is -2.19. The number of nitrogens with one attached hydrogen (secondary N) is 2. The molecule has 0 radical (unpaired) electrons. The van der Waals surface area contributed by atoms with Crippen molar-refractivity contribution in [2.45, 2.75) is 0 Å². The van der Waals surface area contributed by atoms with Gasteiger partial charge in [0.1, 0.15) is 0 Å². The molecule has 0 saturated carbocycles. The van der Waals surface area contributed by atoms with Crippen LogP contribution in [0.25, 0.3) is 0 Å². The molecular weight excluding hydrogens is 216 g/mol. The van der Waals surface area contributed by atoms with Crippen molar-refractivity contribution in [3.8, 4) is 0 Å². The highest BCUT2D eigenvalue weighted by Crippen LogP contribution is 1.85. The number of nitrogens with zero attached hydrogens (tertiary/aromatic N) is 1. The van der Waals surface area contributed by atoms with Gasteiger partial charge < -0.3 is 32.7 Å². The molecule has 0 spiro atoms. The van der Waals surface area contributed by atoms with Crippen molar-refractivity contribution < 1.29 is 14.4 Å². The lowest BCUT2D eigenvalue weighted by Crippen LogP contribution is -2.46. The molecule has 0 unspecified atom stereocenters. The van der Waals surface area contributed by atoms with Crippen molar-refractivity contribution in [3.63, 3.8) is 0 Å². The van der Waals surface area contributed by atoms with E-state index in [4.69, 9.17) is 17.2 Å². The number of hydrogen-bond donors (Lipinski definition) is 5. The van der Waals surface area contributed by atoms with Gasteiger partial charge in [-0.1, -0.05) is 0 Å². The molecule has 6 amide bonds. The minimum absolute atomic E-state index is 0.189. The molecule has 0 atom stereocenters. The first-order chi connectivity index (χ1) is 7.43. The molecule has 0 aromatic rings. The van der Waals surface area contributed by atoms with Crippen molar-refractivity contribution in [2.75, 3.05) is 26.2 Å². The number of nitrogens with two attached hydrogens (primary N) is 3. The molecule has 0 saturated heterocycles. The van der Waals surface area contributed by atoms with Gasteiger partial charge in [-0.3, -0.25) is 0 Å². The van der Waals surface area contributed by atoms with Crippen LogP contribution in [0, 0.1) is 0 Å². The lowest BCUT2D eigenvalue weighted by atomic mass is 10.4. The summed E-state index contributed by atoms with van der Waals surface area (Å²) >= 11 is 0. The lowest BCUT2D eigenvalue weighted by Gasteiger charge is -2.20. The quantitative estimate of drug-likeness (QED) is 0.349. The van der Waals surface area contributed by atoms with Crippen LogP contribution in [0.2, 0.25) is 0 Å². The Balaban J connectivity index is 3.84. The normalized spacial score (nSPS) is 9.25. The fourth-order valence-electron chi connectivity index (χ4n) is 0.960. The summed E-state index contributed by atoms with van der Waals surface area (Å²) in [6.45, 7) is 0.793. The monoisotopic (exact) mass is 232 g/mol. The molecule has 0 fully saturated rings. The summed E-state index contributed by atoms with van der Waals surface area (Å²) in [5.41, 5.74) is 14.7. The smallest absolute Gasteiger partial charge is 0.314 e. The maximum Gasteiger partial charge on any atom is 0.314 e. The molecule has 8 N–H and O–H groups in total. The van der Waals surface area contributed by atoms with E-state index in [0.717, 1.165) is 0 Å². The molecule has 0 aliphatic rings. The average Bonchev–Trinajstić information content (AvgIpc) is 2.14. The maximum absolute atomic E-state index is 10.9. The third-order valence-corrected chi connectivity index (χ3v) is 1.67. The summed E-state index contributed by atoms with van der Waals surface area (Å²) in [4.78, 5) is 32.9. The van der Waals surface area contributed by atoms with E-state index in [1.807, 2.05) is 0 Å². The van der Waals surface area contributed by atoms with Crippen LogP contribution in [0.3, 0.4) is 0 Å². The van der Waals surface area contributed by atoms with Crippen LogP contribution >= 0.6 is 0 Å². The Morgan fingerprint density at radius 2 is 1.25 bits per heavy atom. The highest BCUT2D eigenvalue weighted by Gasteiger charge is 2.09. The Morgan fingerprint density at radius 1 is 0.875 bits per heavy atom. The van der Waals surface area contributed by atoms with E-state index in [1.165, 1.54) is 4.90 Å². The molecular formula is C7H16N6O3. The minimum Gasteiger partial charge on any atom is -0.352 e. The van der Waals surface area contributed by atoms with Crippen molar-refractivity contribution in [1.29, 1.82) is 0 Å². The number of amides is 6. The number of carbonyl (C=O) groups excluding carboxylic acids is 3. The predicted molar refractivity (Wildman–Crippen MR) is 56.3 cm³/mol. The van der Waals surface area contributed by atoms with Gasteiger partial charge in [-0.2, -0.15) is 0 Å². The van der Waals surface area contributed by atoms with E-state index < -0.39 is 18.1 Å². The van der Waals surface area contributed by atoms with Crippen molar-refractivity contribution in [1.82, 2.24) is 15.5 Å². The summed E-state index contributed by atoms with van der Waals surface area (Å²) in [5.74, 6) is 0. The maximum atomic E-state index is 10.9. The molecule has 0 aromatic heterocycles. The van der Waals surface area contributed by atoms with Gasteiger partial charge in [0.15, 0.2) is 0 Å². The Labute approximate surface area is 92.3 Å². The SMILES string of the molecule is NC(=O)NCCN(CCNC(N)=O)C(N)=O. The summed E-state index contributed by atoms with van der Waals surface area (Å²) < 4.78 is 0. The van der Waals surface area contributed by atoms with Crippen LogP contribution in [0.5, 0.6) is 0 Å². The lowest BCUT2D eigenvalue weighted by molar-refractivity contribution is 0.206. The molecule has 0 aliphatic heterocycles. The predicted octanol–water partition coefficient (Wildman–Crippen LogP) is -2.30. The van der Waals surface area contributed by atoms with E-state index in [2.05, 4.69) is 10.6 Å². The van der Waals surface area contributed by atoms with Gasteiger partial charge >= 0.3 is 18.1 Å². The largest absolute Gasteiger partial charge is 0.352 e. The average molecular weight is 232 g/mol. The Kier molecular flexibility index (Phi) is 6.17. The second-order valence-electron chi connectivity index (χ2n) is 2.91. The van der Waals surface area contributed by atoms with Gasteiger partial charge in [0.05, 0.1) is 0 Å². The molecule has 9 heteroatoms. The molecule has 92 valence electrons. The summed E-state index contributed by atoms with van der Waals surface area (Å²) in [6.07, 6.45) is 0. The summed E-state index contributed by atoms with van der Waals surface area (Å²) in [5, 5.41) is 4.61. The van der Waals surface area contributed by atoms with Crippen LogP contribution in [0.1, 0.15) is 0 Å². The highest BCUT2D eigenvalue weighted by atomic mass is 16.2. The standard InChI is InChI=1S/C7H16N6O3/c8-5(14)11-1-3-13(7(10)16)4-2-12-6(9)15/h1-4H2,(H2,10,16)(H3,8,11,14)(H3,9,12,15). The van der Waals surface area contributed by atoms with Crippen LogP contribution in [0.15, 0.2) is 0 Å². The Morgan fingerprint density at radius 3 is 1.50 bits per heavy atom. The van der Waals surface area contributed by atoms with E-state index in [0.29, 0.717) is 0 Å². The first-order valence-electron chi connectivity index (χ1n) is 4.54. The highest BCUT2D eigenvalue weighted by molar-refractivity contribution is 5.73. The fourth-order valence-corrected chi connectivity index (χ4v) is 0.960. The fraction of sp³-hybridized carbons (Fsp3) is 0.571. The number of hydrogen-bond acceptors (Lipinski definition) is 3. The summed E-state index contributed by atoms with van der Waals surface area (Å²) in [6, 6.07) is -2.02. The number of rotatable bonds is 6. The molecule has 0 bridgehead atoms. The molecule has 9 nitrogen and oxygen atoms in total. The second kappa shape index (κ2) is 7.15.